The minimum Gasteiger partial charge on any atom is -0.465 e. The molecule has 1 amide bonds. The van der Waals surface area contributed by atoms with Gasteiger partial charge < -0.3 is 10.8 Å². The van der Waals surface area contributed by atoms with Crippen LogP contribution in [-0.4, -0.2) is 26.6 Å². The van der Waals surface area contributed by atoms with E-state index in [1.165, 1.54) is 10.5 Å². The minimum absolute atomic E-state index is 0.282. The number of pyridine rings is 1. The molecule has 0 aliphatic carbocycles. The number of rotatable bonds is 6. The van der Waals surface area contributed by atoms with Crippen LogP contribution >= 0.6 is 0 Å². The first-order valence-corrected chi connectivity index (χ1v) is 10.2. The molecule has 0 unspecified atom stereocenters. The lowest BCUT2D eigenvalue weighted by molar-refractivity contribution is 0.0954. The maximum atomic E-state index is 12.1. The summed E-state index contributed by atoms with van der Waals surface area (Å²) in [7, 11) is 0. The van der Waals surface area contributed by atoms with Gasteiger partial charge in [-0.25, -0.2) is 4.79 Å². The van der Waals surface area contributed by atoms with Gasteiger partial charge in [-0.05, 0) is 63.6 Å². The number of amides is 1. The summed E-state index contributed by atoms with van der Waals surface area (Å²) in [6.07, 6.45) is -0.143. The van der Waals surface area contributed by atoms with Crippen LogP contribution in [0.3, 0.4) is 0 Å². The average Bonchev–Trinajstić information content (AvgIpc) is 2.59. The van der Waals surface area contributed by atoms with Crippen LogP contribution in [0.5, 0.6) is 0 Å². The van der Waals surface area contributed by atoms with Crippen molar-refractivity contribution in [2.45, 2.75) is 73.5 Å². The summed E-state index contributed by atoms with van der Waals surface area (Å²) in [4.78, 5) is 18.4. The molecule has 0 saturated heterocycles. The van der Waals surface area contributed by atoms with Crippen molar-refractivity contribution >= 4 is 6.09 Å². The Morgan fingerprint density at radius 2 is 1.72 bits per heavy atom. The van der Waals surface area contributed by atoms with Gasteiger partial charge in [0.05, 0.1) is 6.54 Å². The second-order valence-electron chi connectivity index (χ2n) is 9.18. The van der Waals surface area contributed by atoms with Crippen LogP contribution in [-0.2, 0) is 19.5 Å². The molecule has 0 spiro atoms. The molecule has 0 bridgehead atoms. The van der Waals surface area contributed by atoms with Crippen LogP contribution in [0.2, 0.25) is 0 Å². The Bertz CT molecular complexity index is 865. The Labute approximate surface area is 175 Å². The number of carboxylic acid groups (broad SMARTS) is 1. The highest BCUT2D eigenvalue weighted by molar-refractivity contribution is 5.74. The lowest BCUT2D eigenvalue weighted by atomic mass is 9.89. The van der Waals surface area contributed by atoms with Crippen molar-refractivity contribution < 1.29 is 9.90 Å². The van der Waals surface area contributed by atoms with Crippen LogP contribution in [0, 0.1) is 19.8 Å². The predicted octanol–water partition coefficient (Wildman–Crippen LogP) is 5.30. The van der Waals surface area contributed by atoms with E-state index in [1.54, 1.807) is 0 Å². The maximum absolute atomic E-state index is 12.1. The Hall–Kier alpha value is -2.40. The highest BCUT2D eigenvalue weighted by Gasteiger charge is 2.29. The van der Waals surface area contributed by atoms with E-state index in [-0.39, 0.29) is 6.54 Å². The van der Waals surface area contributed by atoms with Gasteiger partial charge in [-0.15, -0.1) is 0 Å². The molecule has 0 fully saturated rings. The Kier molecular flexibility index (Phi) is 7.06. The Balaban J connectivity index is 2.81. The summed E-state index contributed by atoms with van der Waals surface area (Å²) in [6, 6.07) is 8.34. The smallest absolute Gasteiger partial charge is 0.408 e. The number of nitrogens with zero attached hydrogens (tertiary/aromatic N) is 2. The molecule has 0 saturated carbocycles. The first kappa shape index (κ1) is 22.9. The predicted molar refractivity (Wildman–Crippen MR) is 119 cm³/mol. The van der Waals surface area contributed by atoms with Gasteiger partial charge in [-0.1, -0.05) is 43.7 Å². The SMILES string of the molecule is Cc1ccc(-c2c(CN)c(C)nc(CC(C)C)c2CN(C(=O)O)C(C)(C)C)cc1. The van der Waals surface area contributed by atoms with Crippen molar-refractivity contribution in [2.24, 2.45) is 11.7 Å². The molecular weight excluding hydrogens is 362 g/mol. The zero-order chi connectivity index (χ0) is 21.9. The molecule has 2 rings (SSSR count). The molecule has 3 N–H and O–H groups in total. The second-order valence-corrected chi connectivity index (χ2v) is 9.18. The number of aromatic nitrogens is 1. The van der Waals surface area contributed by atoms with Crippen molar-refractivity contribution in [1.29, 1.82) is 0 Å². The van der Waals surface area contributed by atoms with Crippen molar-refractivity contribution in [2.75, 3.05) is 0 Å². The fraction of sp³-hybridized carbons (Fsp3) is 0.500. The van der Waals surface area contributed by atoms with Crippen molar-refractivity contribution in [3.05, 3.63) is 52.3 Å². The third kappa shape index (κ3) is 5.36. The number of hydrogen-bond donors (Lipinski definition) is 2. The van der Waals surface area contributed by atoms with Crippen LogP contribution in [0.1, 0.15) is 62.7 Å². The van der Waals surface area contributed by atoms with Crippen LogP contribution in [0.25, 0.3) is 11.1 Å². The number of nitrogens with two attached hydrogens (primary N) is 1. The zero-order valence-corrected chi connectivity index (χ0v) is 18.8. The molecule has 0 atom stereocenters. The monoisotopic (exact) mass is 397 g/mol. The molecule has 0 radical (unpaired) electrons. The summed E-state index contributed by atoms with van der Waals surface area (Å²) in [5.41, 5.74) is 12.7. The van der Waals surface area contributed by atoms with E-state index in [0.29, 0.717) is 12.5 Å². The third-order valence-electron chi connectivity index (χ3n) is 5.19. The molecule has 0 aliphatic heterocycles. The summed E-state index contributed by atoms with van der Waals surface area (Å²) >= 11 is 0. The molecule has 5 heteroatoms. The fourth-order valence-electron chi connectivity index (χ4n) is 3.64. The topological polar surface area (TPSA) is 79.5 Å². The fourth-order valence-corrected chi connectivity index (χ4v) is 3.64. The lowest BCUT2D eigenvalue weighted by Gasteiger charge is -2.35. The van der Waals surface area contributed by atoms with Crippen molar-refractivity contribution in [1.82, 2.24) is 9.88 Å². The number of aryl methyl sites for hydroxylation is 2. The van der Waals surface area contributed by atoms with E-state index >= 15 is 0 Å². The number of carbonyl (C=O) groups is 1. The van der Waals surface area contributed by atoms with Gasteiger partial charge in [-0.3, -0.25) is 9.88 Å². The van der Waals surface area contributed by atoms with Gasteiger partial charge in [0.25, 0.3) is 0 Å². The quantitative estimate of drug-likeness (QED) is 0.693. The van der Waals surface area contributed by atoms with Crippen LogP contribution < -0.4 is 5.73 Å². The standard InChI is InChI=1S/C24H35N3O2/c1-15(2)12-21-20(14-27(23(28)29)24(5,6)7)22(19(13-25)17(4)26-21)18-10-8-16(3)9-11-18/h8-11,15H,12-14,25H2,1-7H3,(H,28,29). The number of benzene rings is 1. The van der Waals surface area contributed by atoms with Gasteiger partial charge in [0, 0.05) is 29.0 Å². The zero-order valence-electron chi connectivity index (χ0n) is 18.8. The van der Waals surface area contributed by atoms with E-state index < -0.39 is 11.6 Å². The molecule has 1 heterocycles. The molecule has 5 nitrogen and oxygen atoms in total. The van der Waals surface area contributed by atoms with E-state index in [0.717, 1.165) is 40.1 Å². The average molecular weight is 398 g/mol. The maximum Gasteiger partial charge on any atom is 0.408 e. The molecule has 1 aromatic heterocycles. The Morgan fingerprint density at radius 3 is 2.17 bits per heavy atom. The summed E-state index contributed by atoms with van der Waals surface area (Å²) in [5.74, 6) is 0.406. The van der Waals surface area contributed by atoms with E-state index in [9.17, 15) is 9.90 Å². The second kappa shape index (κ2) is 8.95. The normalized spacial score (nSPS) is 11.8. The van der Waals surface area contributed by atoms with Crippen LogP contribution in [0.4, 0.5) is 4.79 Å². The molecule has 1 aromatic carbocycles. The van der Waals surface area contributed by atoms with Gasteiger partial charge >= 0.3 is 6.09 Å². The molecule has 2 aromatic rings. The summed E-state index contributed by atoms with van der Waals surface area (Å²) in [5, 5.41) is 9.90. The summed E-state index contributed by atoms with van der Waals surface area (Å²) < 4.78 is 0. The molecular formula is C24H35N3O2. The first-order valence-electron chi connectivity index (χ1n) is 10.2. The molecule has 29 heavy (non-hydrogen) atoms. The van der Waals surface area contributed by atoms with Crippen LogP contribution in [0.15, 0.2) is 24.3 Å². The van der Waals surface area contributed by atoms with Gasteiger partial charge in [0.15, 0.2) is 0 Å². The van der Waals surface area contributed by atoms with E-state index in [2.05, 4.69) is 45.0 Å². The largest absolute Gasteiger partial charge is 0.465 e. The lowest BCUT2D eigenvalue weighted by Crippen LogP contribution is -2.44. The van der Waals surface area contributed by atoms with Gasteiger partial charge in [-0.2, -0.15) is 0 Å². The summed E-state index contributed by atoms with van der Waals surface area (Å²) in [6.45, 7) is 14.8. The molecule has 158 valence electrons. The highest BCUT2D eigenvalue weighted by Crippen LogP contribution is 2.34. The van der Waals surface area contributed by atoms with Crippen molar-refractivity contribution in [3.8, 4) is 11.1 Å². The van der Waals surface area contributed by atoms with Gasteiger partial charge in [0.2, 0.25) is 0 Å². The molecule has 0 aliphatic rings. The van der Waals surface area contributed by atoms with E-state index in [4.69, 9.17) is 10.7 Å². The number of hydrogen-bond acceptors (Lipinski definition) is 3. The van der Waals surface area contributed by atoms with E-state index in [1.807, 2.05) is 27.7 Å². The first-order chi connectivity index (χ1) is 13.5. The Morgan fingerprint density at radius 1 is 1.14 bits per heavy atom. The minimum atomic E-state index is -0.933. The van der Waals surface area contributed by atoms with Gasteiger partial charge in [0.1, 0.15) is 0 Å². The van der Waals surface area contributed by atoms with Crippen molar-refractivity contribution in [3.63, 3.8) is 0 Å². The highest BCUT2D eigenvalue weighted by atomic mass is 16.4. The third-order valence-corrected chi connectivity index (χ3v) is 5.19.